The van der Waals surface area contributed by atoms with E-state index in [0.29, 0.717) is 19.5 Å². The lowest BCUT2D eigenvalue weighted by molar-refractivity contribution is -0.191. The van der Waals surface area contributed by atoms with Crippen LogP contribution in [-0.2, 0) is 13.1 Å². The summed E-state index contributed by atoms with van der Waals surface area (Å²) in [4.78, 5) is 1.43. The molecule has 2 unspecified atom stereocenters. The highest BCUT2D eigenvalue weighted by Gasteiger charge is 2.47. The first-order chi connectivity index (χ1) is 8.43. The highest BCUT2D eigenvalue weighted by Crippen LogP contribution is 2.33. The first-order valence-corrected chi connectivity index (χ1v) is 6.06. The molecule has 1 aliphatic rings. The fourth-order valence-electron chi connectivity index (χ4n) is 2.50. The Kier molecular flexibility index (Phi) is 3.64. The van der Waals surface area contributed by atoms with Gasteiger partial charge in [0.15, 0.2) is 0 Å². The second-order valence-electron chi connectivity index (χ2n) is 4.73. The molecule has 100 valence electrons. The molecular weight excluding hydrogens is 241 g/mol. The summed E-state index contributed by atoms with van der Waals surface area (Å²) in [6, 6.07) is 5.02. The number of nitrogens with zero attached hydrogens (tertiary/aromatic N) is 1. The zero-order chi connectivity index (χ0) is 13.3. The van der Waals surface area contributed by atoms with Crippen molar-refractivity contribution in [2.45, 2.75) is 44.7 Å². The van der Waals surface area contributed by atoms with Crippen molar-refractivity contribution >= 4 is 0 Å². The largest absolute Gasteiger partial charge is 0.405 e. The molecule has 1 aromatic carbocycles. The van der Waals surface area contributed by atoms with Crippen LogP contribution in [-0.4, -0.2) is 23.2 Å². The van der Waals surface area contributed by atoms with Crippen LogP contribution < -0.4 is 5.73 Å². The SMILES string of the molecule is CCC(N)C(N1Cc2ccccc2C1)C(F)(F)F. The molecule has 5 heteroatoms. The van der Waals surface area contributed by atoms with Crippen molar-refractivity contribution in [2.24, 2.45) is 5.73 Å². The number of benzene rings is 1. The van der Waals surface area contributed by atoms with Crippen molar-refractivity contribution < 1.29 is 13.2 Å². The third kappa shape index (κ3) is 2.52. The molecule has 2 rings (SSSR count). The van der Waals surface area contributed by atoms with Gasteiger partial charge in [-0.05, 0) is 17.5 Å². The lowest BCUT2D eigenvalue weighted by Crippen LogP contribution is -2.54. The quantitative estimate of drug-likeness (QED) is 0.903. The van der Waals surface area contributed by atoms with Gasteiger partial charge in [0.2, 0.25) is 0 Å². The number of fused-ring (bicyclic) bond motifs is 1. The Morgan fingerprint density at radius 2 is 1.72 bits per heavy atom. The van der Waals surface area contributed by atoms with Crippen LogP contribution in [0.15, 0.2) is 24.3 Å². The average molecular weight is 258 g/mol. The highest BCUT2D eigenvalue weighted by molar-refractivity contribution is 5.30. The number of rotatable bonds is 3. The molecule has 2 N–H and O–H groups in total. The Hall–Kier alpha value is -1.07. The van der Waals surface area contributed by atoms with Crippen molar-refractivity contribution in [3.8, 4) is 0 Å². The van der Waals surface area contributed by atoms with E-state index in [4.69, 9.17) is 5.73 Å². The molecule has 0 spiro atoms. The minimum atomic E-state index is -4.28. The van der Waals surface area contributed by atoms with E-state index in [0.717, 1.165) is 11.1 Å². The number of hydrogen-bond donors (Lipinski definition) is 1. The summed E-state index contributed by atoms with van der Waals surface area (Å²) in [6.07, 6.45) is -3.96. The Balaban J connectivity index is 2.21. The fraction of sp³-hybridized carbons (Fsp3) is 0.538. The van der Waals surface area contributed by atoms with Gasteiger partial charge in [0.25, 0.3) is 0 Å². The van der Waals surface area contributed by atoms with Crippen LogP contribution in [0.25, 0.3) is 0 Å². The molecule has 0 saturated carbocycles. The molecule has 18 heavy (non-hydrogen) atoms. The second-order valence-corrected chi connectivity index (χ2v) is 4.73. The van der Waals surface area contributed by atoms with Gasteiger partial charge in [0.05, 0.1) is 0 Å². The van der Waals surface area contributed by atoms with Gasteiger partial charge in [-0.15, -0.1) is 0 Å². The second kappa shape index (κ2) is 4.90. The Labute approximate surface area is 105 Å². The third-order valence-electron chi connectivity index (χ3n) is 3.47. The summed E-state index contributed by atoms with van der Waals surface area (Å²) in [5, 5.41) is 0. The van der Waals surface area contributed by atoms with E-state index in [1.807, 2.05) is 24.3 Å². The molecule has 0 aromatic heterocycles. The van der Waals surface area contributed by atoms with Crippen LogP contribution in [0.2, 0.25) is 0 Å². The lowest BCUT2D eigenvalue weighted by Gasteiger charge is -2.33. The van der Waals surface area contributed by atoms with Gasteiger partial charge in [0, 0.05) is 19.1 Å². The minimum Gasteiger partial charge on any atom is -0.326 e. The van der Waals surface area contributed by atoms with Gasteiger partial charge in [-0.25, -0.2) is 0 Å². The van der Waals surface area contributed by atoms with Crippen molar-refractivity contribution in [1.82, 2.24) is 4.90 Å². The summed E-state index contributed by atoms with van der Waals surface area (Å²) in [5.74, 6) is 0. The molecule has 1 aromatic rings. The van der Waals surface area contributed by atoms with Gasteiger partial charge in [0.1, 0.15) is 6.04 Å². The molecule has 0 fully saturated rings. The summed E-state index contributed by atoms with van der Waals surface area (Å²) in [6.45, 7) is 2.34. The zero-order valence-corrected chi connectivity index (χ0v) is 10.2. The predicted octanol–water partition coefficient (Wildman–Crippen LogP) is 2.67. The minimum absolute atomic E-state index is 0.316. The highest BCUT2D eigenvalue weighted by atomic mass is 19.4. The van der Waals surface area contributed by atoms with Crippen molar-refractivity contribution in [2.75, 3.05) is 0 Å². The third-order valence-corrected chi connectivity index (χ3v) is 3.47. The Morgan fingerprint density at radius 1 is 1.22 bits per heavy atom. The molecule has 0 aliphatic carbocycles. The number of hydrogen-bond acceptors (Lipinski definition) is 2. The first kappa shape index (κ1) is 13.4. The number of alkyl halides is 3. The van der Waals surface area contributed by atoms with Gasteiger partial charge < -0.3 is 5.73 Å². The summed E-state index contributed by atoms with van der Waals surface area (Å²) in [5.41, 5.74) is 7.59. The Bertz CT molecular complexity index is 392. The van der Waals surface area contributed by atoms with E-state index in [-0.39, 0.29) is 0 Å². The van der Waals surface area contributed by atoms with Crippen molar-refractivity contribution in [3.63, 3.8) is 0 Å². The summed E-state index contributed by atoms with van der Waals surface area (Å²) in [7, 11) is 0. The maximum Gasteiger partial charge on any atom is 0.405 e. The van der Waals surface area contributed by atoms with Gasteiger partial charge in [-0.1, -0.05) is 31.2 Å². The molecule has 1 aliphatic heterocycles. The van der Waals surface area contributed by atoms with Crippen LogP contribution in [0.4, 0.5) is 13.2 Å². The zero-order valence-electron chi connectivity index (χ0n) is 10.2. The maximum absolute atomic E-state index is 13.1. The molecular formula is C13H17F3N2. The first-order valence-electron chi connectivity index (χ1n) is 6.06. The maximum atomic E-state index is 13.1. The Morgan fingerprint density at radius 3 is 2.11 bits per heavy atom. The smallest absolute Gasteiger partial charge is 0.326 e. The molecule has 0 saturated heterocycles. The van der Waals surface area contributed by atoms with E-state index in [2.05, 4.69) is 0 Å². The molecule has 2 atom stereocenters. The monoisotopic (exact) mass is 258 g/mol. The fourth-order valence-corrected chi connectivity index (χ4v) is 2.50. The van der Waals surface area contributed by atoms with E-state index in [1.54, 1.807) is 6.92 Å². The molecule has 0 bridgehead atoms. The van der Waals surface area contributed by atoms with E-state index in [1.165, 1.54) is 4.90 Å². The van der Waals surface area contributed by atoms with Crippen LogP contribution in [0, 0.1) is 0 Å². The summed E-state index contributed by atoms with van der Waals surface area (Å²) < 4.78 is 39.3. The van der Waals surface area contributed by atoms with Crippen LogP contribution in [0.5, 0.6) is 0 Å². The van der Waals surface area contributed by atoms with E-state index < -0.39 is 18.3 Å². The van der Waals surface area contributed by atoms with Crippen molar-refractivity contribution in [3.05, 3.63) is 35.4 Å². The lowest BCUT2D eigenvalue weighted by atomic mass is 10.0. The molecule has 2 nitrogen and oxygen atoms in total. The van der Waals surface area contributed by atoms with Gasteiger partial charge >= 0.3 is 6.18 Å². The van der Waals surface area contributed by atoms with Crippen LogP contribution in [0.3, 0.4) is 0 Å². The normalized spacial score (nSPS) is 19.6. The van der Waals surface area contributed by atoms with E-state index in [9.17, 15) is 13.2 Å². The average Bonchev–Trinajstić information content (AvgIpc) is 2.69. The summed E-state index contributed by atoms with van der Waals surface area (Å²) >= 11 is 0. The molecule has 1 heterocycles. The predicted molar refractivity (Wildman–Crippen MR) is 63.8 cm³/mol. The van der Waals surface area contributed by atoms with Gasteiger partial charge in [-0.3, -0.25) is 4.90 Å². The van der Waals surface area contributed by atoms with Crippen LogP contribution in [0.1, 0.15) is 24.5 Å². The standard InChI is InChI=1S/C13H17F3N2/c1-2-11(17)12(13(14,15)16)18-7-9-5-3-4-6-10(9)8-18/h3-6,11-12H,2,7-8,17H2,1H3. The van der Waals surface area contributed by atoms with E-state index >= 15 is 0 Å². The van der Waals surface area contributed by atoms with Gasteiger partial charge in [-0.2, -0.15) is 13.2 Å². The molecule has 0 radical (unpaired) electrons. The topological polar surface area (TPSA) is 29.3 Å². The number of halogens is 3. The van der Waals surface area contributed by atoms with Crippen LogP contribution >= 0.6 is 0 Å². The number of nitrogens with two attached hydrogens (primary N) is 1. The molecule has 0 amide bonds. The van der Waals surface area contributed by atoms with Crippen molar-refractivity contribution in [1.29, 1.82) is 0 Å².